The summed E-state index contributed by atoms with van der Waals surface area (Å²) in [6.07, 6.45) is 0. The molecule has 1 fully saturated rings. The molecule has 1 unspecified atom stereocenters. The molecule has 4 nitrogen and oxygen atoms in total. The molecule has 1 rings (SSSR count). The van der Waals surface area contributed by atoms with Gasteiger partial charge in [-0.25, -0.2) is 0 Å². The minimum absolute atomic E-state index is 0.0240. The molecule has 1 aliphatic rings. The average molecular weight is 204 g/mol. The summed E-state index contributed by atoms with van der Waals surface area (Å²) < 4.78 is 0. The molecule has 3 N–H and O–H groups in total. The molecule has 1 amide bonds. The highest BCUT2D eigenvalue weighted by molar-refractivity contribution is 7.99. The zero-order valence-corrected chi connectivity index (χ0v) is 8.78. The van der Waals surface area contributed by atoms with Gasteiger partial charge in [-0.15, -0.1) is 11.8 Å². The van der Waals surface area contributed by atoms with E-state index in [2.05, 4.69) is 10.6 Å². The number of thioether (sulfide) groups is 1. The fourth-order valence-electron chi connectivity index (χ4n) is 1.02. The summed E-state index contributed by atoms with van der Waals surface area (Å²) in [5.41, 5.74) is -0.522. The Bertz CT molecular complexity index is 191. The van der Waals surface area contributed by atoms with Crippen LogP contribution in [0.5, 0.6) is 0 Å². The largest absolute Gasteiger partial charge is 0.394 e. The second-order valence-corrected chi connectivity index (χ2v) is 4.83. The van der Waals surface area contributed by atoms with Crippen LogP contribution in [0.4, 0.5) is 0 Å². The van der Waals surface area contributed by atoms with E-state index in [1.165, 1.54) is 0 Å². The summed E-state index contributed by atoms with van der Waals surface area (Å²) in [6, 6.07) is -0.101. The first-order valence-corrected chi connectivity index (χ1v) is 5.45. The Morgan fingerprint density at radius 2 is 2.46 bits per heavy atom. The molecule has 1 saturated heterocycles. The lowest BCUT2D eigenvalue weighted by atomic mass is 10.1. The van der Waals surface area contributed by atoms with Crippen molar-refractivity contribution in [2.45, 2.75) is 25.4 Å². The smallest absolute Gasteiger partial charge is 0.238 e. The van der Waals surface area contributed by atoms with Gasteiger partial charge in [0.15, 0.2) is 0 Å². The highest BCUT2D eigenvalue weighted by Gasteiger charge is 2.27. The molecule has 5 heteroatoms. The summed E-state index contributed by atoms with van der Waals surface area (Å²) in [7, 11) is 0. The molecule has 0 spiro atoms. The molecule has 0 bridgehead atoms. The van der Waals surface area contributed by atoms with Crippen molar-refractivity contribution < 1.29 is 9.90 Å². The molecule has 1 aliphatic heterocycles. The number of carbonyl (C=O) groups is 1. The van der Waals surface area contributed by atoms with Gasteiger partial charge in [-0.3, -0.25) is 10.1 Å². The maximum atomic E-state index is 11.5. The first-order valence-electron chi connectivity index (χ1n) is 4.29. The molecule has 1 heterocycles. The number of nitrogens with one attached hydrogen (secondary N) is 2. The van der Waals surface area contributed by atoms with Crippen LogP contribution in [0.3, 0.4) is 0 Å². The van der Waals surface area contributed by atoms with E-state index in [0.717, 1.165) is 11.6 Å². The third-order valence-electron chi connectivity index (χ3n) is 1.89. The summed E-state index contributed by atoms with van der Waals surface area (Å²) >= 11 is 1.71. The van der Waals surface area contributed by atoms with Crippen molar-refractivity contribution in [1.82, 2.24) is 10.6 Å². The maximum absolute atomic E-state index is 11.5. The second-order valence-electron chi connectivity index (χ2n) is 3.80. The summed E-state index contributed by atoms with van der Waals surface area (Å²) in [4.78, 5) is 11.5. The van der Waals surface area contributed by atoms with Crippen LogP contribution in [0.25, 0.3) is 0 Å². The fourth-order valence-corrected chi connectivity index (χ4v) is 1.97. The fraction of sp³-hybridized carbons (Fsp3) is 0.875. The number of carbonyl (C=O) groups excluding carboxylic acids is 1. The van der Waals surface area contributed by atoms with Gasteiger partial charge in [-0.05, 0) is 13.8 Å². The van der Waals surface area contributed by atoms with E-state index in [-0.39, 0.29) is 18.6 Å². The molecular formula is C8H16N2O2S. The van der Waals surface area contributed by atoms with Gasteiger partial charge in [0.25, 0.3) is 0 Å². The zero-order valence-electron chi connectivity index (χ0n) is 7.96. The van der Waals surface area contributed by atoms with E-state index in [1.807, 2.05) is 0 Å². The Kier molecular flexibility index (Phi) is 3.58. The Balaban J connectivity index is 2.40. The predicted molar refractivity (Wildman–Crippen MR) is 53.6 cm³/mol. The third-order valence-corrected chi connectivity index (χ3v) is 2.83. The Morgan fingerprint density at radius 3 is 2.92 bits per heavy atom. The van der Waals surface area contributed by atoms with Crippen molar-refractivity contribution >= 4 is 17.7 Å². The van der Waals surface area contributed by atoms with Crippen LogP contribution in [0.15, 0.2) is 0 Å². The SMILES string of the molecule is CC(C)(CO)NC(=O)C1CSCN1. The Hall–Kier alpha value is -0.260. The lowest BCUT2D eigenvalue weighted by molar-refractivity contribution is -0.124. The third kappa shape index (κ3) is 3.17. The lowest BCUT2D eigenvalue weighted by Gasteiger charge is -2.25. The van der Waals surface area contributed by atoms with Gasteiger partial charge >= 0.3 is 0 Å². The molecule has 13 heavy (non-hydrogen) atoms. The molecule has 0 aliphatic carbocycles. The molecule has 76 valence electrons. The van der Waals surface area contributed by atoms with Gasteiger partial charge in [0.05, 0.1) is 18.2 Å². The Labute approximate surface area is 82.5 Å². The number of aliphatic hydroxyl groups excluding tert-OH is 1. The van der Waals surface area contributed by atoms with E-state index in [0.29, 0.717) is 0 Å². The number of amides is 1. The number of hydrogen-bond acceptors (Lipinski definition) is 4. The first-order chi connectivity index (χ1) is 6.05. The van der Waals surface area contributed by atoms with Crippen LogP contribution in [0, 0.1) is 0 Å². The van der Waals surface area contributed by atoms with E-state index >= 15 is 0 Å². The topological polar surface area (TPSA) is 61.4 Å². The molecule has 0 aromatic carbocycles. The van der Waals surface area contributed by atoms with Gasteiger partial charge in [-0.1, -0.05) is 0 Å². The molecule has 0 saturated carbocycles. The predicted octanol–water partition coefficient (Wildman–Crippen LogP) is -0.464. The summed E-state index contributed by atoms with van der Waals surface area (Å²) in [5.74, 6) is 1.62. The normalized spacial score (nSPS) is 23.2. The summed E-state index contributed by atoms with van der Waals surface area (Å²) in [6.45, 7) is 3.55. The average Bonchev–Trinajstić information content (AvgIpc) is 2.55. The van der Waals surface area contributed by atoms with E-state index in [4.69, 9.17) is 5.11 Å². The first kappa shape index (κ1) is 10.8. The van der Waals surface area contributed by atoms with Crippen LogP contribution >= 0.6 is 11.8 Å². The van der Waals surface area contributed by atoms with E-state index in [1.54, 1.807) is 25.6 Å². The van der Waals surface area contributed by atoms with Gasteiger partial charge in [0.1, 0.15) is 0 Å². The monoisotopic (exact) mass is 204 g/mol. The maximum Gasteiger partial charge on any atom is 0.238 e. The van der Waals surface area contributed by atoms with Crippen molar-refractivity contribution in [2.75, 3.05) is 18.2 Å². The van der Waals surface area contributed by atoms with Crippen LogP contribution in [-0.2, 0) is 4.79 Å². The minimum atomic E-state index is -0.522. The molecule has 0 aromatic heterocycles. The zero-order chi connectivity index (χ0) is 9.90. The van der Waals surface area contributed by atoms with Gasteiger partial charge < -0.3 is 10.4 Å². The minimum Gasteiger partial charge on any atom is -0.394 e. The van der Waals surface area contributed by atoms with Crippen molar-refractivity contribution in [1.29, 1.82) is 0 Å². The van der Waals surface area contributed by atoms with Crippen molar-refractivity contribution in [3.05, 3.63) is 0 Å². The standard InChI is InChI=1S/C8H16N2O2S/c1-8(2,4-11)10-7(12)6-3-13-5-9-6/h6,9,11H,3-5H2,1-2H3,(H,10,12). The van der Waals surface area contributed by atoms with Crippen LogP contribution in [0.1, 0.15) is 13.8 Å². The van der Waals surface area contributed by atoms with E-state index < -0.39 is 5.54 Å². The van der Waals surface area contributed by atoms with Crippen LogP contribution in [0.2, 0.25) is 0 Å². The quantitative estimate of drug-likeness (QED) is 0.582. The van der Waals surface area contributed by atoms with Crippen molar-refractivity contribution in [2.24, 2.45) is 0 Å². The molecule has 0 aromatic rings. The number of aliphatic hydroxyl groups is 1. The van der Waals surface area contributed by atoms with Crippen molar-refractivity contribution in [3.8, 4) is 0 Å². The molecular weight excluding hydrogens is 188 g/mol. The van der Waals surface area contributed by atoms with Crippen LogP contribution in [-0.4, -0.2) is 40.8 Å². The highest BCUT2D eigenvalue weighted by atomic mass is 32.2. The van der Waals surface area contributed by atoms with Gasteiger partial charge in [0.2, 0.25) is 5.91 Å². The molecule has 0 radical (unpaired) electrons. The lowest BCUT2D eigenvalue weighted by Crippen LogP contribution is -2.52. The summed E-state index contributed by atoms with van der Waals surface area (Å²) in [5, 5.41) is 14.8. The second kappa shape index (κ2) is 4.30. The number of rotatable bonds is 3. The highest BCUT2D eigenvalue weighted by Crippen LogP contribution is 2.10. The molecule has 1 atom stereocenters. The van der Waals surface area contributed by atoms with Crippen LogP contribution < -0.4 is 10.6 Å². The van der Waals surface area contributed by atoms with Gasteiger partial charge in [-0.2, -0.15) is 0 Å². The van der Waals surface area contributed by atoms with E-state index in [9.17, 15) is 4.79 Å². The Morgan fingerprint density at radius 1 is 1.77 bits per heavy atom. The van der Waals surface area contributed by atoms with Gasteiger partial charge in [0, 0.05) is 11.6 Å². The van der Waals surface area contributed by atoms with Crippen molar-refractivity contribution in [3.63, 3.8) is 0 Å². The number of hydrogen-bond donors (Lipinski definition) is 3.